The molecule has 0 aromatic heterocycles. The lowest BCUT2D eigenvalue weighted by Gasteiger charge is -2.25. The van der Waals surface area contributed by atoms with Crippen LogP contribution in [-0.2, 0) is 19.7 Å². The zero-order valence-corrected chi connectivity index (χ0v) is 13.9. The molecule has 0 radical (unpaired) electrons. The minimum atomic E-state index is -0.323. The van der Waals surface area contributed by atoms with Crippen molar-refractivity contribution < 1.29 is 18.7 Å². The quantitative estimate of drug-likeness (QED) is 0.748. The summed E-state index contributed by atoms with van der Waals surface area (Å²) in [5.41, 5.74) is 0.545. The molecule has 0 bridgehead atoms. The summed E-state index contributed by atoms with van der Waals surface area (Å²) in [5.74, 6) is -0.314. The highest BCUT2D eigenvalue weighted by Gasteiger charge is 2.22. The van der Waals surface area contributed by atoms with Gasteiger partial charge in [-0.15, -0.1) is 0 Å². The van der Waals surface area contributed by atoms with Gasteiger partial charge in [0.05, 0.1) is 19.3 Å². The highest BCUT2D eigenvalue weighted by Crippen LogP contribution is 2.22. The Morgan fingerprint density at radius 1 is 1.48 bits per heavy atom. The number of hydrogen-bond acceptors (Lipinski definition) is 3. The fourth-order valence-electron chi connectivity index (χ4n) is 2.57. The Morgan fingerprint density at radius 3 is 3.00 bits per heavy atom. The maximum Gasteiger partial charge on any atom is 0.222 e. The van der Waals surface area contributed by atoms with Crippen LogP contribution in [0.5, 0.6) is 0 Å². The summed E-state index contributed by atoms with van der Waals surface area (Å²) in [4.78, 5) is 11.9. The second-order valence-electron chi connectivity index (χ2n) is 6.63. The first-order valence-corrected chi connectivity index (χ1v) is 8.19. The maximum atomic E-state index is 13.3. The molecular formula is C18H26FNO3. The number of rotatable bonds is 8. The van der Waals surface area contributed by atoms with Crippen LogP contribution in [0.2, 0.25) is 0 Å². The molecule has 1 aliphatic rings. The Labute approximate surface area is 137 Å². The monoisotopic (exact) mass is 323 g/mol. The number of carbonyl (C=O) groups excluding carboxylic acids is 1. The van der Waals surface area contributed by atoms with Crippen LogP contribution in [0.4, 0.5) is 4.39 Å². The summed E-state index contributed by atoms with van der Waals surface area (Å²) in [7, 11) is 0. The summed E-state index contributed by atoms with van der Waals surface area (Å²) in [5, 5.41) is 2.90. The second-order valence-corrected chi connectivity index (χ2v) is 6.63. The number of halogens is 1. The van der Waals surface area contributed by atoms with Gasteiger partial charge in [0.15, 0.2) is 0 Å². The number of benzene rings is 1. The van der Waals surface area contributed by atoms with Crippen LogP contribution in [0, 0.1) is 5.82 Å². The van der Waals surface area contributed by atoms with E-state index in [0.717, 1.165) is 25.0 Å². The van der Waals surface area contributed by atoms with Crippen LogP contribution in [0.1, 0.15) is 38.7 Å². The Bertz CT molecular complexity index is 513. The van der Waals surface area contributed by atoms with E-state index in [-0.39, 0.29) is 23.2 Å². The summed E-state index contributed by atoms with van der Waals surface area (Å²) in [6, 6.07) is 6.49. The fourth-order valence-corrected chi connectivity index (χ4v) is 2.57. The predicted octanol–water partition coefficient (Wildman–Crippen LogP) is 2.81. The van der Waals surface area contributed by atoms with Gasteiger partial charge in [-0.25, -0.2) is 4.39 Å². The molecule has 0 saturated carbocycles. The summed E-state index contributed by atoms with van der Waals surface area (Å²) < 4.78 is 24.3. The first-order valence-electron chi connectivity index (χ1n) is 8.19. The van der Waals surface area contributed by atoms with Gasteiger partial charge in [0.2, 0.25) is 5.91 Å². The molecule has 1 N–H and O–H groups in total. The van der Waals surface area contributed by atoms with Gasteiger partial charge in [0, 0.05) is 25.0 Å². The van der Waals surface area contributed by atoms with E-state index in [1.165, 1.54) is 12.1 Å². The molecule has 1 heterocycles. The normalized spacial score (nSPS) is 18.1. The van der Waals surface area contributed by atoms with E-state index in [1.807, 2.05) is 19.9 Å². The molecule has 1 aromatic carbocycles. The average molecular weight is 323 g/mol. The Balaban J connectivity index is 1.66. The standard InChI is InChI=1S/C18H26FNO3/c1-18(2,14-5-3-6-15(19)11-14)13-20-17(21)8-10-22-12-16-7-4-9-23-16/h3,5-6,11,16H,4,7-10,12-13H2,1-2H3,(H,20,21)/t16-/m1/s1. The third-order valence-electron chi connectivity index (χ3n) is 4.13. The molecule has 23 heavy (non-hydrogen) atoms. The van der Waals surface area contributed by atoms with Crippen molar-refractivity contribution >= 4 is 5.91 Å². The first kappa shape index (κ1) is 17.9. The van der Waals surface area contributed by atoms with Crippen molar-refractivity contribution in [2.45, 2.75) is 44.6 Å². The Hall–Kier alpha value is -1.46. The third-order valence-corrected chi connectivity index (χ3v) is 4.13. The Kier molecular flexibility index (Phi) is 6.54. The molecule has 2 rings (SSSR count). The molecule has 5 heteroatoms. The van der Waals surface area contributed by atoms with Gasteiger partial charge < -0.3 is 14.8 Å². The summed E-state index contributed by atoms with van der Waals surface area (Å²) >= 11 is 0. The molecule has 1 fully saturated rings. The summed E-state index contributed by atoms with van der Waals surface area (Å²) in [6.45, 7) is 6.19. The van der Waals surface area contributed by atoms with Gasteiger partial charge in [-0.2, -0.15) is 0 Å². The molecular weight excluding hydrogens is 297 g/mol. The zero-order valence-electron chi connectivity index (χ0n) is 13.9. The number of ether oxygens (including phenoxy) is 2. The molecule has 128 valence electrons. The van der Waals surface area contributed by atoms with Gasteiger partial charge in [-0.3, -0.25) is 4.79 Å². The lowest BCUT2D eigenvalue weighted by molar-refractivity contribution is -0.122. The number of carbonyl (C=O) groups is 1. The molecule has 0 unspecified atom stereocenters. The first-order chi connectivity index (χ1) is 11.0. The van der Waals surface area contributed by atoms with Crippen LogP contribution in [-0.4, -0.2) is 38.4 Å². The molecule has 1 aliphatic heterocycles. The largest absolute Gasteiger partial charge is 0.378 e. The van der Waals surface area contributed by atoms with Crippen molar-refractivity contribution in [2.24, 2.45) is 0 Å². The molecule has 4 nitrogen and oxygen atoms in total. The van der Waals surface area contributed by atoms with Gasteiger partial charge in [-0.1, -0.05) is 26.0 Å². The molecule has 1 amide bonds. The van der Waals surface area contributed by atoms with Crippen molar-refractivity contribution in [3.8, 4) is 0 Å². The Morgan fingerprint density at radius 2 is 2.30 bits per heavy atom. The number of nitrogens with one attached hydrogen (secondary N) is 1. The average Bonchev–Trinajstić information content (AvgIpc) is 3.03. The molecule has 1 saturated heterocycles. The van der Waals surface area contributed by atoms with Crippen LogP contribution in [0.3, 0.4) is 0 Å². The zero-order chi connectivity index (χ0) is 16.7. The van der Waals surface area contributed by atoms with Crippen LogP contribution >= 0.6 is 0 Å². The van der Waals surface area contributed by atoms with Crippen LogP contribution in [0.25, 0.3) is 0 Å². The SMILES string of the molecule is CC(C)(CNC(=O)CCOC[C@H]1CCCO1)c1cccc(F)c1. The topological polar surface area (TPSA) is 47.6 Å². The smallest absolute Gasteiger partial charge is 0.222 e. The van der Waals surface area contributed by atoms with Crippen molar-refractivity contribution in [1.29, 1.82) is 0 Å². The highest BCUT2D eigenvalue weighted by molar-refractivity contribution is 5.76. The highest BCUT2D eigenvalue weighted by atomic mass is 19.1. The van der Waals surface area contributed by atoms with E-state index in [9.17, 15) is 9.18 Å². The molecule has 1 atom stereocenters. The van der Waals surface area contributed by atoms with E-state index in [4.69, 9.17) is 9.47 Å². The van der Waals surface area contributed by atoms with E-state index in [2.05, 4.69) is 5.32 Å². The lowest BCUT2D eigenvalue weighted by atomic mass is 9.84. The summed E-state index contributed by atoms with van der Waals surface area (Å²) in [6.07, 6.45) is 2.63. The predicted molar refractivity (Wildman–Crippen MR) is 86.8 cm³/mol. The van der Waals surface area contributed by atoms with Gasteiger partial charge >= 0.3 is 0 Å². The van der Waals surface area contributed by atoms with Crippen molar-refractivity contribution in [2.75, 3.05) is 26.4 Å². The van der Waals surface area contributed by atoms with E-state index in [0.29, 0.717) is 26.2 Å². The van der Waals surface area contributed by atoms with Crippen LogP contribution in [0.15, 0.2) is 24.3 Å². The fraction of sp³-hybridized carbons (Fsp3) is 0.611. The molecule has 1 aromatic rings. The van der Waals surface area contributed by atoms with Gasteiger partial charge in [-0.05, 0) is 30.5 Å². The third kappa shape index (κ3) is 5.92. The maximum absolute atomic E-state index is 13.3. The number of amides is 1. The minimum Gasteiger partial charge on any atom is -0.378 e. The van der Waals surface area contributed by atoms with E-state index >= 15 is 0 Å². The molecule has 0 aliphatic carbocycles. The van der Waals surface area contributed by atoms with Gasteiger partial charge in [0.1, 0.15) is 5.82 Å². The van der Waals surface area contributed by atoms with Crippen LogP contribution < -0.4 is 5.32 Å². The molecule has 0 spiro atoms. The number of hydrogen-bond donors (Lipinski definition) is 1. The van der Waals surface area contributed by atoms with Crippen molar-refractivity contribution in [3.63, 3.8) is 0 Å². The van der Waals surface area contributed by atoms with Crippen molar-refractivity contribution in [1.82, 2.24) is 5.32 Å². The van der Waals surface area contributed by atoms with Crippen molar-refractivity contribution in [3.05, 3.63) is 35.6 Å². The van der Waals surface area contributed by atoms with E-state index in [1.54, 1.807) is 6.07 Å². The van der Waals surface area contributed by atoms with Gasteiger partial charge in [0.25, 0.3) is 0 Å². The second kappa shape index (κ2) is 8.41. The van der Waals surface area contributed by atoms with E-state index < -0.39 is 0 Å². The minimum absolute atomic E-state index is 0.0539. The lowest BCUT2D eigenvalue weighted by Crippen LogP contribution is -2.37.